The van der Waals surface area contributed by atoms with E-state index in [1.807, 2.05) is 11.7 Å². The molecular formula is C15H25N3OS. The number of ether oxygens (including phenoxy) is 1. The molecule has 0 spiro atoms. The van der Waals surface area contributed by atoms with Gasteiger partial charge in [0.2, 0.25) is 0 Å². The molecule has 3 atom stereocenters. The zero-order valence-electron chi connectivity index (χ0n) is 12.3. The Balaban J connectivity index is 1.62. The monoisotopic (exact) mass is 295 g/mol. The maximum absolute atomic E-state index is 6.18. The van der Waals surface area contributed by atoms with Crippen molar-refractivity contribution in [1.29, 1.82) is 0 Å². The summed E-state index contributed by atoms with van der Waals surface area (Å²) in [4.78, 5) is 8.17. The number of thiazole rings is 1. The van der Waals surface area contributed by atoms with Crippen molar-refractivity contribution in [2.45, 2.75) is 50.8 Å². The molecule has 4 nitrogen and oxygen atoms in total. The Labute approximate surface area is 125 Å². The summed E-state index contributed by atoms with van der Waals surface area (Å²) < 4.78 is 6.18. The summed E-state index contributed by atoms with van der Waals surface area (Å²) in [6, 6.07) is 1.10. The zero-order valence-corrected chi connectivity index (χ0v) is 13.1. The van der Waals surface area contributed by atoms with Crippen LogP contribution in [-0.4, -0.2) is 54.3 Å². The summed E-state index contributed by atoms with van der Waals surface area (Å²) in [6.45, 7) is 6.54. The van der Waals surface area contributed by atoms with E-state index < -0.39 is 0 Å². The first kappa shape index (κ1) is 14.4. The third kappa shape index (κ3) is 3.39. The largest absolute Gasteiger partial charge is 0.374 e. The second-order valence-electron chi connectivity index (χ2n) is 5.90. The first-order valence-electron chi connectivity index (χ1n) is 7.83. The maximum atomic E-state index is 6.18. The van der Waals surface area contributed by atoms with Gasteiger partial charge in [0.05, 0.1) is 18.2 Å². The Bertz CT molecular complexity index is 398. The van der Waals surface area contributed by atoms with Crippen LogP contribution in [0.1, 0.15) is 31.1 Å². The number of nitrogens with zero attached hydrogens (tertiary/aromatic N) is 2. The third-order valence-electron chi connectivity index (χ3n) is 4.43. The van der Waals surface area contributed by atoms with Crippen molar-refractivity contribution in [3.8, 4) is 0 Å². The lowest BCUT2D eigenvalue weighted by Crippen LogP contribution is -2.54. The Morgan fingerprint density at radius 1 is 1.60 bits per heavy atom. The number of morpholine rings is 1. The van der Waals surface area contributed by atoms with Crippen molar-refractivity contribution in [2.75, 3.05) is 26.2 Å². The van der Waals surface area contributed by atoms with E-state index in [1.54, 1.807) is 11.3 Å². The average molecular weight is 295 g/mol. The van der Waals surface area contributed by atoms with E-state index in [1.165, 1.54) is 24.3 Å². The molecule has 0 bridgehead atoms. The molecule has 3 heterocycles. The van der Waals surface area contributed by atoms with Crippen LogP contribution in [0.3, 0.4) is 0 Å². The van der Waals surface area contributed by atoms with E-state index in [0.29, 0.717) is 18.2 Å². The molecule has 3 rings (SSSR count). The SMILES string of the molecule is CCCNC(Cc1cncs1)C1CN2CCCC2CO1. The molecule has 1 N–H and O–H groups in total. The molecule has 2 saturated heterocycles. The highest BCUT2D eigenvalue weighted by atomic mass is 32.1. The number of fused-ring (bicyclic) bond motifs is 1. The van der Waals surface area contributed by atoms with Gasteiger partial charge >= 0.3 is 0 Å². The van der Waals surface area contributed by atoms with Gasteiger partial charge < -0.3 is 10.1 Å². The first-order chi connectivity index (χ1) is 9.86. The van der Waals surface area contributed by atoms with E-state index in [2.05, 4.69) is 22.1 Å². The highest BCUT2D eigenvalue weighted by molar-refractivity contribution is 7.09. The number of rotatable bonds is 6. The average Bonchev–Trinajstić information content (AvgIpc) is 3.13. The quantitative estimate of drug-likeness (QED) is 0.870. The van der Waals surface area contributed by atoms with Crippen LogP contribution in [0.4, 0.5) is 0 Å². The highest BCUT2D eigenvalue weighted by Gasteiger charge is 2.35. The molecule has 20 heavy (non-hydrogen) atoms. The van der Waals surface area contributed by atoms with Crippen molar-refractivity contribution in [3.05, 3.63) is 16.6 Å². The molecule has 2 aliphatic heterocycles. The van der Waals surface area contributed by atoms with Gasteiger partial charge in [-0.2, -0.15) is 0 Å². The summed E-state index contributed by atoms with van der Waals surface area (Å²) in [6.07, 6.45) is 7.16. The van der Waals surface area contributed by atoms with Crippen molar-refractivity contribution < 1.29 is 4.74 Å². The van der Waals surface area contributed by atoms with Crippen LogP contribution >= 0.6 is 11.3 Å². The Kier molecular flexibility index (Phi) is 5.04. The minimum Gasteiger partial charge on any atom is -0.374 e. The van der Waals surface area contributed by atoms with Gasteiger partial charge in [0.25, 0.3) is 0 Å². The van der Waals surface area contributed by atoms with Crippen LogP contribution in [0.2, 0.25) is 0 Å². The smallest absolute Gasteiger partial charge is 0.0859 e. The second kappa shape index (κ2) is 6.98. The molecule has 2 aliphatic rings. The molecule has 2 fully saturated rings. The van der Waals surface area contributed by atoms with Crippen molar-refractivity contribution in [1.82, 2.24) is 15.2 Å². The fourth-order valence-corrected chi connectivity index (χ4v) is 3.97. The number of nitrogens with one attached hydrogen (secondary N) is 1. The standard InChI is InChI=1S/C15H25N3OS/c1-2-5-17-14(7-13-8-16-11-20-13)15-9-18-6-3-4-12(18)10-19-15/h8,11-12,14-15,17H,2-7,9-10H2,1H3. The van der Waals surface area contributed by atoms with Crippen LogP contribution in [0.15, 0.2) is 11.7 Å². The van der Waals surface area contributed by atoms with E-state index >= 15 is 0 Å². The highest BCUT2D eigenvalue weighted by Crippen LogP contribution is 2.25. The van der Waals surface area contributed by atoms with Crippen LogP contribution in [-0.2, 0) is 11.2 Å². The lowest BCUT2D eigenvalue weighted by molar-refractivity contribution is -0.0642. The van der Waals surface area contributed by atoms with Gasteiger partial charge in [-0.25, -0.2) is 0 Å². The van der Waals surface area contributed by atoms with Crippen LogP contribution in [0.5, 0.6) is 0 Å². The Morgan fingerprint density at radius 3 is 3.35 bits per heavy atom. The summed E-state index contributed by atoms with van der Waals surface area (Å²) >= 11 is 1.75. The fraction of sp³-hybridized carbons (Fsp3) is 0.800. The molecule has 0 radical (unpaired) electrons. The van der Waals surface area contributed by atoms with Gasteiger partial charge in [0.1, 0.15) is 0 Å². The predicted molar refractivity (Wildman–Crippen MR) is 82.2 cm³/mol. The topological polar surface area (TPSA) is 37.4 Å². The van der Waals surface area contributed by atoms with Gasteiger partial charge in [0, 0.05) is 36.1 Å². The molecule has 0 amide bonds. The van der Waals surface area contributed by atoms with Crippen molar-refractivity contribution in [2.24, 2.45) is 0 Å². The van der Waals surface area contributed by atoms with Crippen molar-refractivity contribution in [3.63, 3.8) is 0 Å². The number of aromatic nitrogens is 1. The van der Waals surface area contributed by atoms with Crippen LogP contribution in [0, 0.1) is 0 Å². The molecule has 0 aliphatic carbocycles. The Hall–Kier alpha value is -0.490. The van der Waals surface area contributed by atoms with Crippen molar-refractivity contribution >= 4 is 11.3 Å². The number of hydrogen-bond acceptors (Lipinski definition) is 5. The molecule has 5 heteroatoms. The first-order valence-corrected chi connectivity index (χ1v) is 8.71. The van der Waals surface area contributed by atoms with Crippen LogP contribution in [0.25, 0.3) is 0 Å². The minimum atomic E-state index is 0.318. The third-order valence-corrected chi connectivity index (χ3v) is 5.23. The molecule has 0 aromatic carbocycles. The molecule has 3 unspecified atom stereocenters. The zero-order chi connectivity index (χ0) is 13.8. The number of hydrogen-bond donors (Lipinski definition) is 1. The molecule has 112 valence electrons. The van der Waals surface area contributed by atoms with Gasteiger partial charge in [-0.1, -0.05) is 6.92 Å². The summed E-state index contributed by atoms with van der Waals surface area (Å²) in [7, 11) is 0. The molecule has 1 aromatic rings. The van der Waals surface area contributed by atoms with Gasteiger partial charge in [0.15, 0.2) is 0 Å². The lowest BCUT2D eigenvalue weighted by atomic mass is 10.0. The lowest BCUT2D eigenvalue weighted by Gasteiger charge is -2.39. The van der Waals surface area contributed by atoms with E-state index in [9.17, 15) is 0 Å². The van der Waals surface area contributed by atoms with E-state index in [0.717, 1.165) is 32.5 Å². The summed E-state index contributed by atoms with van der Waals surface area (Å²) in [5, 5.41) is 3.68. The molecule has 0 saturated carbocycles. The van der Waals surface area contributed by atoms with Gasteiger partial charge in [-0.05, 0) is 32.4 Å². The normalized spacial score (nSPS) is 28.4. The van der Waals surface area contributed by atoms with Crippen LogP contribution < -0.4 is 5.32 Å². The van der Waals surface area contributed by atoms with Gasteiger partial charge in [-0.3, -0.25) is 9.88 Å². The van der Waals surface area contributed by atoms with E-state index in [-0.39, 0.29) is 0 Å². The Morgan fingerprint density at radius 2 is 2.55 bits per heavy atom. The predicted octanol–water partition coefficient (Wildman–Crippen LogP) is 1.92. The maximum Gasteiger partial charge on any atom is 0.0859 e. The van der Waals surface area contributed by atoms with Gasteiger partial charge in [-0.15, -0.1) is 11.3 Å². The second-order valence-corrected chi connectivity index (χ2v) is 6.87. The van der Waals surface area contributed by atoms with E-state index in [4.69, 9.17) is 4.74 Å². The fourth-order valence-electron chi connectivity index (χ4n) is 3.31. The molecular weight excluding hydrogens is 270 g/mol. The summed E-state index contributed by atoms with van der Waals surface area (Å²) in [5.41, 5.74) is 1.92. The minimum absolute atomic E-state index is 0.318. The molecule has 1 aromatic heterocycles. The summed E-state index contributed by atoms with van der Waals surface area (Å²) in [5.74, 6) is 0.